The van der Waals surface area contributed by atoms with E-state index in [9.17, 15) is 23.6 Å². The lowest BCUT2D eigenvalue weighted by molar-refractivity contribution is -0.136. The third kappa shape index (κ3) is 8.46. The predicted octanol–water partition coefficient (Wildman–Crippen LogP) is 6.34. The van der Waals surface area contributed by atoms with Gasteiger partial charge in [0, 0.05) is 13.0 Å². The van der Waals surface area contributed by atoms with Gasteiger partial charge in [0.15, 0.2) is 0 Å². The van der Waals surface area contributed by atoms with E-state index in [0.29, 0.717) is 24.6 Å². The number of carbonyl (C=O) groups is 4. The Morgan fingerprint density at radius 2 is 1.16 bits per heavy atom. The van der Waals surface area contributed by atoms with Gasteiger partial charge >= 0.3 is 12.2 Å². The second kappa shape index (κ2) is 16.8. The lowest BCUT2D eigenvalue weighted by Crippen LogP contribution is -2.51. The zero-order valence-electron chi connectivity index (χ0n) is 32.5. The van der Waals surface area contributed by atoms with E-state index in [1.165, 1.54) is 19.1 Å². The minimum absolute atomic E-state index is 0.0899. The number of hydrogen-bond acceptors (Lipinski definition) is 8. The smallest absolute Gasteiger partial charge is 0.407 e. The maximum Gasteiger partial charge on any atom is 0.407 e. The van der Waals surface area contributed by atoms with Crippen LogP contribution in [-0.2, 0) is 19.1 Å². The molecule has 2 saturated heterocycles. The van der Waals surface area contributed by atoms with Crippen LogP contribution in [0.4, 0.5) is 14.0 Å². The monoisotopic (exact) mass is 768 g/mol. The molecule has 2 aliphatic rings. The first kappa shape index (κ1) is 39.7. The van der Waals surface area contributed by atoms with Crippen LogP contribution in [0.15, 0.2) is 73.1 Å². The molecule has 4 N–H and O–H groups in total. The average Bonchev–Trinajstić information content (AvgIpc) is 4.02. The number of imidazole rings is 2. The van der Waals surface area contributed by atoms with Crippen molar-refractivity contribution in [3.05, 3.63) is 84.7 Å². The Balaban J connectivity index is 1.13. The fraction of sp³-hybridized carbons (Fsp3) is 0.415. The summed E-state index contributed by atoms with van der Waals surface area (Å²) in [6, 6.07) is 13.4. The molecule has 0 saturated carbocycles. The average molecular weight is 769 g/mol. The highest BCUT2D eigenvalue weighted by molar-refractivity contribution is 5.87. The SMILES string of the molecule is C=C1C[C@@H](c2ncc(-c3ccc(-c4ccc(-c5cnc([C@@H]6C[C@H](F)CN6C(=O)[C@@H](NC(=O)OC)C(C)C)[nH]5)cc4)cc3)[nH]2)N(C(=O)[C@@H](NC(=O)OC)C(C)C)C1. The number of alkyl halides is 1. The number of ether oxygens (including phenoxy) is 2. The van der Waals surface area contributed by atoms with Crippen LogP contribution in [0.25, 0.3) is 33.6 Å². The minimum atomic E-state index is -1.22. The highest BCUT2D eigenvalue weighted by atomic mass is 19.1. The van der Waals surface area contributed by atoms with E-state index in [2.05, 4.69) is 37.1 Å². The molecule has 0 radical (unpaired) electrons. The molecule has 296 valence electrons. The number of hydrogen-bond donors (Lipinski definition) is 4. The third-order valence-corrected chi connectivity index (χ3v) is 10.4. The summed E-state index contributed by atoms with van der Waals surface area (Å²) in [6.07, 6.45) is 1.48. The molecule has 2 fully saturated rings. The van der Waals surface area contributed by atoms with Gasteiger partial charge in [-0.15, -0.1) is 0 Å². The Bertz CT molecular complexity index is 2060. The fourth-order valence-electron chi connectivity index (χ4n) is 7.31. The van der Waals surface area contributed by atoms with Gasteiger partial charge in [-0.3, -0.25) is 9.59 Å². The number of amides is 4. The van der Waals surface area contributed by atoms with E-state index >= 15 is 0 Å². The lowest BCUT2D eigenvalue weighted by atomic mass is 10.0. The van der Waals surface area contributed by atoms with Gasteiger partial charge in [-0.05, 0) is 40.5 Å². The number of alkyl carbamates (subject to hydrolysis) is 2. The summed E-state index contributed by atoms with van der Waals surface area (Å²) in [4.78, 5) is 70.1. The van der Waals surface area contributed by atoms with Crippen LogP contribution < -0.4 is 10.6 Å². The van der Waals surface area contributed by atoms with E-state index in [1.54, 1.807) is 31.1 Å². The number of benzene rings is 2. The maximum absolute atomic E-state index is 14.7. The van der Waals surface area contributed by atoms with Gasteiger partial charge in [0.2, 0.25) is 11.8 Å². The third-order valence-electron chi connectivity index (χ3n) is 10.4. The van der Waals surface area contributed by atoms with Gasteiger partial charge in [0.1, 0.15) is 29.9 Å². The Morgan fingerprint density at radius 1 is 0.732 bits per heavy atom. The first-order chi connectivity index (χ1) is 26.8. The number of aromatic amines is 2. The normalized spacial score (nSPS) is 19.3. The number of methoxy groups -OCH3 is 2. The lowest BCUT2D eigenvalue weighted by Gasteiger charge is -2.29. The van der Waals surface area contributed by atoms with Crippen LogP contribution >= 0.6 is 0 Å². The number of rotatable bonds is 11. The van der Waals surface area contributed by atoms with E-state index in [0.717, 1.165) is 39.2 Å². The Morgan fingerprint density at radius 3 is 1.61 bits per heavy atom. The molecule has 56 heavy (non-hydrogen) atoms. The first-order valence-electron chi connectivity index (χ1n) is 18.7. The van der Waals surface area contributed by atoms with Gasteiger partial charge in [0.25, 0.3) is 0 Å². The fourth-order valence-corrected chi connectivity index (χ4v) is 7.31. The minimum Gasteiger partial charge on any atom is -0.453 e. The zero-order chi connectivity index (χ0) is 40.3. The van der Waals surface area contributed by atoms with Crippen molar-refractivity contribution in [3.8, 4) is 33.6 Å². The standard InChI is InChI=1S/C41H49FN8O6/c1-22(2)34(47-40(53)55-6)38(51)49-20-24(5)16-32(49)36-43-18-30(45-36)27-12-8-25(9-13-27)26-10-14-28(15-11-26)31-19-44-37(46-31)33-17-29(42)21-50(33)39(52)35(23(3)4)48-41(54)56-7/h8-15,18-19,22-23,29,32-35H,5,16-17,20-21H2,1-4,6-7H3,(H,43,45)(H,44,46)(H,47,53)(H,48,54)/t29-,32-,33-,34-,35-/m0/s1. The maximum atomic E-state index is 14.7. The zero-order valence-corrected chi connectivity index (χ0v) is 32.5. The second-order valence-electron chi connectivity index (χ2n) is 15.0. The van der Waals surface area contributed by atoms with Gasteiger partial charge < -0.3 is 39.9 Å². The van der Waals surface area contributed by atoms with Gasteiger partial charge in [-0.2, -0.15) is 0 Å². The molecule has 4 amide bonds. The summed E-state index contributed by atoms with van der Waals surface area (Å²) in [7, 11) is 2.50. The summed E-state index contributed by atoms with van der Waals surface area (Å²) in [5, 5.41) is 5.25. The number of nitrogens with zero attached hydrogens (tertiary/aromatic N) is 4. The number of nitrogens with one attached hydrogen (secondary N) is 4. The van der Waals surface area contributed by atoms with E-state index in [1.807, 2.05) is 62.4 Å². The number of likely N-dealkylation sites (tertiary alicyclic amines) is 2. The van der Waals surface area contributed by atoms with Crippen molar-refractivity contribution >= 4 is 24.0 Å². The Hall–Kier alpha value is -5.99. The van der Waals surface area contributed by atoms with Crippen LogP contribution in [0.5, 0.6) is 0 Å². The van der Waals surface area contributed by atoms with E-state index in [-0.39, 0.29) is 42.7 Å². The molecule has 0 unspecified atom stereocenters. The summed E-state index contributed by atoms with van der Waals surface area (Å²) in [5.41, 5.74) is 6.22. The van der Waals surface area contributed by atoms with Crippen LogP contribution in [0.1, 0.15) is 64.3 Å². The molecule has 0 bridgehead atoms. The number of H-pyrrole nitrogens is 2. The van der Waals surface area contributed by atoms with Crippen molar-refractivity contribution in [1.82, 2.24) is 40.4 Å². The molecule has 6 rings (SSSR count). The van der Waals surface area contributed by atoms with Crippen LogP contribution in [0.3, 0.4) is 0 Å². The largest absolute Gasteiger partial charge is 0.453 e. The second-order valence-corrected chi connectivity index (χ2v) is 15.0. The molecule has 4 heterocycles. The van der Waals surface area contributed by atoms with Crippen molar-refractivity contribution in [1.29, 1.82) is 0 Å². The molecular weight excluding hydrogens is 719 g/mol. The van der Waals surface area contributed by atoms with Crippen molar-refractivity contribution < 1.29 is 33.0 Å². The topological polar surface area (TPSA) is 175 Å². The van der Waals surface area contributed by atoms with Crippen molar-refractivity contribution in [2.45, 2.75) is 70.9 Å². The van der Waals surface area contributed by atoms with Crippen LogP contribution in [0.2, 0.25) is 0 Å². The molecule has 4 aromatic rings. The molecule has 2 aromatic carbocycles. The highest BCUT2D eigenvalue weighted by Crippen LogP contribution is 2.37. The van der Waals surface area contributed by atoms with Crippen molar-refractivity contribution in [3.63, 3.8) is 0 Å². The van der Waals surface area contributed by atoms with E-state index < -0.39 is 36.5 Å². The molecule has 14 nitrogen and oxygen atoms in total. The molecule has 2 aliphatic heterocycles. The summed E-state index contributed by atoms with van der Waals surface area (Å²) in [6.45, 7) is 11.8. The van der Waals surface area contributed by atoms with Gasteiger partial charge in [-0.25, -0.2) is 23.9 Å². The number of halogens is 1. The quantitative estimate of drug-likeness (QED) is 0.128. The molecule has 5 atom stereocenters. The van der Waals surface area contributed by atoms with Crippen molar-refractivity contribution in [2.24, 2.45) is 11.8 Å². The summed E-state index contributed by atoms with van der Waals surface area (Å²) in [5.74, 6) is 0.115. The molecule has 0 aliphatic carbocycles. The van der Waals surface area contributed by atoms with Crippen molar-refractivity contribution in [2.75, 3.05) is 27.3 Å². The van der Waals surface area contributed by atoms with Gasteiger partial charge in [0.05, 0.1) is 56.6 Å². The number of carbonyl (C=O) groups excluding carboxylic acids is 4. The van der Waals surface area contributed by atoms with Crippen LogP contribution in [0, 0.1) is 11.8 Å². The molecule has 15 heteroatoms. The predicted molar refractivity (Wildman–Crippen MR) is 208 cm³/mol. The summed E-state index contributed by atoms with van der Waals surface area (Å²) >= 11 is 0. The molecule has 0 spiro atoms. The highest BCUT2D eigenvalue weighted by Gasteiger charge is 2.42. The molecule has 2 aromatic heterocycles. The molecular formula is C41H49FN8O6. The summed E-state index contributed by atoms with van der Waals surface area (Å²) < 4.78 is 24.2. The number of aromatic nitrogens is 4. The Labute approximate surface area is 325 Å². The Kier molecular flexibility index (Phi) is 11.9. The van der Waals surface area contributed by atoms with E-state index in [4.69, 9.17) is 9.47 Å². The first-order valence-corrected chi connectivity index (χ1v) is 18.7. The van der Waals surface area contributed by atoms with Crippen LogP contribution in [-0.4, -0.2) is 99.3 Å². The van der Waals surface area contributed by atoms with Gasteiger partial charge in [-0.1, -0.05) is 88.4 Å².